The molecule has 0 bridgehead atoms. The second-order valence-corrected chi connectivity index (χ2v) is 6.76. The summed E-state index contributed by atoms with van der Waals surface area (Å²) in [7, 11) is 0. The Bertz CT molecular complexity index is 892. The Kier molecular flexibility index (Phi) is 6.01. The summed E-state index contributed by atoms with van der Waals surface area (Å²) in [5, 5.41) is 3.60. The molecule has 0 aliphatic carbocycles. The third-order valence-electron chi connectivity index (χ3n) is 4.73. The van der Waals surface area contributed by atoms with Crippen LogP contribution in [-0.4, -0.2) is 15.0 Å². The summed E-state index contributed by atoms with van der Waals surface area (Å²) in [6.07, 6.45) is 8.55. The average Bonchev–Trinajstić information content (AvgIpc) is 2.70. The van der Waals surface area contributed by atoms with Crippen molar-refractivity contribution in [3.05, 3.63) is 65.6 Å². The number of rotatable bonds is 7. The minimum Gasteiger partial charge on any atom is -0.399 e. The van der Waals surface area contributed by atoms with Gasteiger partial charge in [0.1, 0.15) is 5.82 Å². The van der Waals surface area contributed by atoms with Gasteiger partial charge in [-0.1, -0.05) is 26.3 Å². The molecular formula is C22H27N5. The summed E-state index contributed by atoms with van der Waals surface area (Å²) in [4.78, 5) is 13.6. The van der Waals surface area contributed by atoms with Gasteiger partial charge in [-0.15, -0.1) is 0 Å². The minimum absolute atomic E-state index is 0.169. The number of nitrogens with two attached hydrogens (primary N) is 1. The van der Waals surface area contributed by atoms with Gasteiger partial charge in [-0.3, -0.25) is 4.98 Å². The van der Waals surface area contributed by atoms with Gasteiger partial charge in [-0.05, 0) is 55.2 Å². The van der Waals surface area contributed by atoms with E-state index in [1.165, 1.54) is 5.56 Å². The first-order valence-corrected chi connectivity index (χ1v) is 9.51. The highest BCUT2D eigenvalue weighted by atomic mass is 15.1. The van der Waals surface area contributed by atoms with Crippen LogP contribution >= 0.6 is 0 Å². The fraction of sp³-hybridized carbons (Fsp3) is 0.318. The molecular weight excluding hydrogens is 334 g/mol. The number of hydrogen-bond donors (Lipinski definition) is 2. The second kappa shape index (κ2) is 8.62. The third kappa shape index (κ3) is 4.42. The Balaban J connectivity index is 1.93. The van der Waals surface area contributed by atoms with Gasteiger partial charge in [0.05, 0.1) is 6.04 Å². The van der Waals surface area contributed by atoms with Gasteiger partial charge in [0, 0.05) is 35.4 Å². The predicted octanol–water partition coefficient (Wildman–Crippen LogP) is 4.94. The van der Waals surface area contributed by atoms with Crippen molar-refractivity contribution in [3.8, 4) is 11.4 Å². The molecule has 140 valence electrons. The molecule has 3 aromatic rings. The van der Waals surface area contributed by atoms with Crippen LogP contribution in [0, 0.1) is 6.92 Å². The van der Waals surface area contributed by atoms with Crippen molar-refractivity contribution in [1.82, 2.24) is 15.0 Å². The summed E-state index contributed by atoms with van der Waals surface area (Å²) in [5.74, 6) is 1.57. The highest BCUT2D eigenvalue weighted by Gasteiger charge is 2.14. The molecule has 0 aliphatic heterocycles. The summed E-state index contributed by atoms with van der Waals surface area (Å²) in [6.45, 7) is 6.31. The van der Waals surface area contributed by atoms with E-state index in [2.05, 4.69) is 41.3 Å². The number of benzene rings is 1. The quantitative estimate of drug-likeness (QED) is 0.583. The van der Waals surface area contributed by atoms with Gasteiger partial charge >= 0.3 is 0 Å². The molecule has 5 nitrogen and oxygen atoms in total. The van der Waals surface area contributed by atoms with Gasteiger partial charge in [0.15, 0.2) is 5.82 Å². The number of pyridine rings is 1. The molecule has 2 aromatic heterocycles. The normalized spacial score (nSPS) is 12.0. The molecule has 1 aromatic carbocycles. The predicted molar refractivity (Wildman–Crippen MR) is 112 cm³/mol. The number of anilines is 2. The molecule has 1 atom stereocenters. The van der Waals surface area contributed by atoms with E-state index in [9.17, 15) is 0 Å². The summed E-state index contributed by atoms with van der Waals surface area (Å²) >= 11 is 0. The average molecular weight is 361 g/mol. The fourth-order valence-corrected chi connectivity index (χ4v) is 3.14. The smallest absolute Gasteiger partial charge is 0.161 e. The monoisotopic (exact) mass is 361 g/mol. The molecule has 0 radical (unpaired) electrons. The molecule has 0 saturated carbocycles. The summed E-state index contributed by atoms with van der Waals surface area (Å²) < 4.78 is 0. The van der Waals surface area contributed by atoms with E-state index in [0.717, 1.165) is 47.5 Å². The Labute approximate surface area is 161 Å². The zero-order chi connectivity index (χ0) is 19.2. The van der Waals surface area contributed by atoms with Crippen molar-refractivity contribution in [2.45, 2.75) is 46.1 Å². The third-order valence-corrected chi connectivity index (χ3v) is 4.73. The highest BCUT2D eigenvalue weighted by molar-refractivity contribution is 5.64. The van der Waals surface area contributed by atoms with E-state index >= 15 is 0 Å². The van der Waals surface area contributed by atoms with Gasteiger partial charge in [0.2, 0.25) is 0 Å². The number of nitrogens with zero attached hydrogens (tertiary/aromatic N) is 3. The van der Waals surface area contributed by atoms with Gasteiger partial charge in [0.25, 0.3) is 0 Å². The maximum atomic E-state index is 6.04. The molecule has 0 spiro atoms. The zero-order valence-corrected chi connectivity index (χ0v) is 16.2. The van der Waals surface area contributed by atoms with E-state index in [4.69, 9.17) is 10.7 Å². The molecule has 5 heteroatoms. The van der Waals surface area contributed by atoms with Crippen LogP contribution < -0.4 is 11.1 Å². The Morgan fingerprint density at radius 1 is 1.15 bits per heavy atom. The molecule has 3 N–H and O–H groups in total. The zero-order valence-electron chi connectivity index (χ0n) is 16.2. The van der Waals surface area contributed by atoms with Crippen LogP contribution in [0.4, 0.5) is 11.5 Å². The molecule has 1 unspecified atom stereocenters. The maximum Gasteiger partial charge on any atom is 0.161 e. The molecule has 0 saturated heterocycles. The lowest BCUT2D eigenvalue weighted by Crippen LogP contribution is -2.13. The second-order valence-electron chi connectivity index (χ2n) is 6.76. The Hall–Kier alpha value is -2.95. The number of nitrogen functional groups attached to an aromatic ring is 1. The van der Waals surface area contributed by atoms with Crippen LogP contribution in [0.25, 0.3) is 11.4 Å². The van der Waals surface area contributed by atoms with Gasteiger partial charge in [-0.25, -0.2) is 9.97 Å². The van der Waals surface area contributed by atoms with Crippen molar-refractivity contribution in [3.63, 3.8) is 0 Å². The van der Waals surface area contributed by atoms with Crippen LogP contribution in [0.15, 0.2) is 48.9 Å². The van der Waals surface area contributed by atoms with Gasteiger partial charge in [-0.2, -0.15) is 0 Å². The van der Waals surface area contributed by atoms with Crippen LogP contribution in [0.2, 0.25) is 0 Å². The lowest BCUT2D eigenvalue weighted by atomic mass is 10.0. The first-order valence-electron chi connectivity index (χ1n) is 9.51. The van der Waals surface area contributed by atoms with Crippen LogP contribution in [0.1, 0.15) is 49.4 Å². The van der Waals surface area contributed by atoms with Crippen molar-refractivity contribution >= 4 is 11.5 Å². The lowest BCUT2D eigenvalue weighted by Gasteiger charge is -2.20. The molecule has 0 aliphatic rings. The minimum atomic E-state index is 0.169. The van der Waals surface area contributed by atoms with E-state index in [0.29, 0.717) is 5.82 Å². The Morgan fingerprint density at radius 2 is 2.00 bits per heavy atom. The van der Waals surface area contributed by atoms with E-state index in [-0.39, 0.29) is 6.04 Å². The number of aryl methyl sites for hydroxylation is 2. The topological polar surface area (TPSA) is 76.7 Å². The fourth-order valence-electron chi connectivity index (χ4n) is 3.14. The van der Waals surface area contributed by atoms with Crippen molar-refractivity contribution in [2.75, 3.05) is 11.1 Å². The molecule has 27 heavy (non-hydrogen) atoms. The first kappa shape index (κ1) is 18.8. The highest BCUT2D eigenvalue weighted by Crippen LogP contribution is 2.27. The molecule has 3 rings (SSSR count). The van der Waals surface area contributed by atoms with E-state index in [1.807, 2.05) is 37.5 Å². The van der Waals surface area contributed by atoms with Gasteiger partial charge < -0.3 is 11.1 Å². The Morgan fingerprint density at radius 3 is 2.70 bits per heavy atom. The van der Waals surface area contributed by atoms with E-state index < -0.39 is 0 Å². The maximum absolute atomic E-state index is 6.04. The number of hydrogen-bond acceptors (Lipinski definition) is 5. The van der Waals surface area contributed by atoms with Crippen molar-refractivity contribution in [1.29, 1.82) is 0 Å². The number of aromatic nitrogens is 3. The lowest BCUT2D eigenvalue weighted by molar-refractivity contribution is 0.671. The number of nitrogens with one attached hydrogen (secondary N) is 1. The SMILES string of the molecule is CCCC(Nc1nc(-c2ccc(N)c(CC)c2)ncc1C)c1cccnc1. The van der Waals surface area contributed by atoms with Crippen LogP contribution in [0.3, 0.4) is 0 Å². The molecule has 2 heterocycles. The summed E-state index contributed by atoms with van der Waals surface area (Å²) in [6, 6.07) is 10.2. The van der Waals surface area contributed by atoms with Crippen molar-refractivity contribution < 1.29 is 0 Å². The van der Waals surface area contributed by atoms with E-state index in [1.54, 1.807) is 6.20 Å². The summed E-state index contributed by atoms with van der Waals surface area (Å²) in [5.41, 5.74) is 11.1. The molecule has 0 amide bonds. The van der Waals surface area contributed by atoms with Crippen molar-refractivity contribution in [2.24, 2.45) is 0 Å². The first-order chi connectivity index (χ1) is 13.1. The van der Waals surface area contributed by atoms with Crippen LogP contribution in [-0.2, 0) is 6.42 Å². The standard InChI is InChI=1S/C22H27N5/c1-4-7-20(18-8-6-11-24-14-18)26-21-15(3)13-25-22(27-21)17-9-10-19(23)16(5-2)12-17/h6,8-14,20H,4-5,7,23H2,1-3H3,(H,25,26,27). The largest absolute Gasteiger partial charge is 0.399 e. The van der Waals surface area contributed by atoms with Crippen LogP contribution in [0.5, 0.6) is 0 Å². The molecule has 0 fully saturated rings.